The molecule has 1 aromatic heterocycles. The molecule has 2 aromatic rings. The fraction of sp³-hybridized carbons (Fsp3) is 0.421. The zero-order valence-electron chi connectivity index (χ0n) is 14.1. The maximum Gasteiger partial charge on any atom is 0.318 e. The number of hydrogen-bond donors (Lipinski definition) is 1. The number of furan rings is 1. The molecule has 1 fully saturated rings. The van der Waals surface area contributed by atoms with Crippen molar-refractivity contribution in [3.05, 3.63) is 58.5 Å². The van der Waals surface area contributed by atoms with Crippen LogP contribution in [0.1, 0.15) is 47.1 Å². The molecule has 2 amide bonds. The van der Waals surface area contributed by atoms with E-state index in [1.807, 2.05) is 24.8 Å². The highest BCUT2D eigenvalue weighted by atomic mass is 16.3. The normalized spacial score (nSPS) is 17.5. The molecule has 0 aliphatic carbocycles. The van der Waals surface area contributed by atoms with E-state index in [1.54, 1.807) is 0 Å². The number of aryl methyl sites for hydroxylation is 3. The van der Waals surface area contributed by atoms with Gasteiger partial charge in [0, 0.05) is 18.7 Å². The van der Waals surface area contributed by atoms with Crippen molar-refractivity contribution in [1.82, 2.24) is 10.2 Å². The Labute approximate surface area is 137 Å². The zero-order valence-corrected chi connectivity index (χ0v) is 14.1. The summed E-state index contributed by atoms with van der Waals surface area (Å²) in [5, 5.41) is 3.04. The number of nitrogens with zero attached hydrogens (tertiary/aromatic N) is 1. The average molecular weight is 312 g/mol. The highest BCUT2D eigenvalue weighted by Crippen LogP contribution is 2.32. The number of rotatable bonds is 3. The third kappa shape index (κ3) is 3.41. The van der Waals surface area contributed by atoms with Crippen molar-refractivity contribution >= 4 is 6.03 Å². The summed E-state index contributed by atoms with van der Waals surface area (Å²) in [5.74, 6) is 1.75. The van der Waals surface area contributed by atoms with E-state index < -0.39 is 0 Å². The topological polar surface area (TPSA) is 45.5 Å². The Hall–Kier alpha value is -2.23. The van der Waals surface area contributed by atoms with E-state index in [0.717, 1.165) is 36.5 Å². The molecule has 2 heterocycles. The van der Waals surface area contributed by atoms with Crippen LogP contribution in [0.5, 0.6) is 0 Å². The lowest BCUT2D eigenvalue weighted by atomic mass is 10.0. The van der Waals surface area contributed by atoms with Crippen LogP contribution in [0.2, 0.25) is 0 Å². The smallest absolute Gasteiger partial charge is 0.318 e. The fourth-order valence-corrected chi connectivity index (χ4v) is 3.37. The van der Waals surface area contributed by atoms with E-state index in [2.05, 4.69) is 36.5 Å². The first-order valence-corrected chi connectivity index (χ1v) is 8.21. The summed E-state index contributed by atoms with van der Waals surface area (Å²) in [5.41, 5.74) is 3.51. The number of hydrogen-bond acceptors (Lipinski definition) is 2. The van der Waals surface area contributed by atoms with Gasteiger partial charge in [-0.3, -0.25) is 0 Å². The highest BCUT2D eigenvalue weighted by Gasteiger charge is 2.29. The van der Waals surface area contributed by atoms with Crippen LogP contribution < -0.4 is 5.32 Å². The zero-order chi connectivity index (χ0) is 16.4. The number of benzene rings is 1. The summed E-state index contributed by atoms with van der Waals surface area (Å²) in [6, 6.07) is 10.6. The second-order valence-corrected chi connectivity index (χ2v) is 6.36. The van der Waals surface area contributed by atoms with Crippen molar-refractivity contribution in [3.8, 4) is 0 Å². The van der Waals surface area contributed by atoms with Crippen molar-refractivity contribution in [2.24, 2.45) is 0 Å². The SMILES string of the molecule is Cc1cccc(C2CCCN2C(=O)NCc2cc(C)oc2C)c1. The Kier molecular flexibility index (Phi) is 4.42. The summed E-state index contributed by atoms with van der Waals surface area (Å²) in [6.45, 7) is 7.27. The molecule has 122 valence electrons. The molecular weight excluding hydrogens is 288 g/mol. The van der Waals surface area contributed by atoms with Crippen molar-refractivity contribution < 1.29 is 9.21 Å². The van der Waals surface area contributed by atoms with Crippen LogP contribution in [0.4, 0.5) is 4.79 Å². The van der Waals surface area contributed by atoms with Crippen molar-refractivity contribution in [2.45, 2.75) is 46.2 Å². The Morgan fingerprint density at radius 3 is 2.83 bits per heavy atom. The molecule has 23 heavy (non-hydrogen) atoms. The van der Waals surface area contributed by atoms with Gasteiger partial charge in [0.1, 0.15) is 11.5 Å². The maximum atomic E-state index is 12.6. The molecule has 1 aliphatic heterocycles. The number of carbonyl (C=O) groups is 1. The largest absolute Gasteiger partial charge is 0.466 e. The Balaban J connectivity index is 1.67. The number of amides is 2. The molecule has 1 aromatic carbocycles. The molecule has 1 atom stereocenters. The van der Waals surface area contributed by atoms with Crippen molar-refractivity contribution in [1.29, 1.82) is 0 Å². The van der Waals surface area contributed by atoms with Gasteiger partial charge in [0.2, 0.25) is 0 Å². The fourth-order valence-electron chi connectivity index (χ4n) is 3.37. The molecule has 4 nitrogen and oxygen atoms in total. The lowest BCUT2D eigenvalue weighted by Crippen LogP contribution is -2.39. The van der Waals surface area contributed by atoms with Crippen molar-refractivity contribution in [2.75, 3.05) is 6.54 Å². The average Bonchev–Trinajstić information content (AvgIpc) is 3.11. The van der Waals surface area contributed by atoms with Gasteiger partial charge in [-0.05, 0) is 45.2 Å². The van der Waals surface area contributed by atoms with Gasteiger partial charge in [0.05, 0.1) is 6.04 Å². The minimum atomic E-state index is 0.00672. The molecule has 0 bridgehead atoms. The molecule has 0 radical (unpaired) electrons. The minimum absolute atomic E-state index is 0.00672. The molecule has 1 unspecified atom stereocenters. The van der Waals surface area contributed by atoms with E-state index in [-0.39, 0.29) is 12.1 Å². The first-order valence-electron chi connectivity index (χ1n) is 8.21. The summed E-state index contributed by atoms with van der Waals surface area (Å²) in [4.78, 5) is 14.5. The van der Waals surface area contributed by atoms with Crippen LogP contribution in [-0.2, 0) is 6.54 Å². The van der Waals surface area contributed by atoms with Crippen LogP contribution in [0, 0.1) is 20.8 Å². The van der Waals surface area contributed by atoms with E-state index in [1.165, 1.54) is 11.1 Å². The minimum Gasteiger partial charge on any atom is -0.466 e. The monoisotopic (exact) mass is 312 g/mol. The molecule has 0 spiro atoms. The first-order chi connectivity index (χ1) is 11.0. The maximum absolute atomic E-state index is 12.6. The van der Waals surface area contributed by atoms with Crippen LogP contribution in [0.3, 0.4) is 0 Å². The van der Waals surface area contributed by atoms with Gasteiger partial charge in [-0.2, -0.15) is 0 Å². The molecular formula is C19H24N2O2. The van der Waals surface area contributed by atoms with Gasteiger partial charge in [0.25, 0.3) is 0 Å². The molecule has 4 heteroatoms. The Morgan fingerprint density at radius 2 is 2.13 bits per heavy atom. The molecule has 1 saturated heterocycles. The number of urea groups is 1. The first kappa shape index (κ1) is 15.7. The standard InChI is InChI=1S/C19H24N2O2/c1-13-6-4-7-16(10-13)18-8-5-9-21(18)19(22)20-12-17-11-14(2)23-15(17)3/h4,6-7,10-11,18H,5,8-9,12H2,1-3H3,(H,20,22). The van der Waals surface area contributed by atoms with Gasteiger partial charge in [-0.25, -0.2) is 4.79 Å². The molecule has 0 saturated carbocycles. The summed E-state index contributed by atoms with van der Waals surface area (Å²) in [6.07, 6.45) is 2.08. The number of likely N-dealkylation sites (tertiary alicyclic amines) is 1. The third-order valence-corrected chi connectivity index (χ3v) is 4.51. The van der Waals surface area contributed by atoms with Gasteiger partial charge in [0.15, 0.2) is 0 Å². The van der Waals surface area contributed by atoms with E-state index in [4.69, 9.17) is 4.42 Å². The van der Waals surface area contributed by atoms with Crippen LogP contribution in [0.15, 0.2) is 34.7 Å². The van der Waals surface area contributed by atoms with Crippen LogP contribution in [0.25, 0.3) is 0 Å². The summed E-state index contributed by atoms with van der Waals surface area (Å²) in [7, 11) is 0. The second kappa shape index (κ2) is 6.49. The van der Waals surface area contributed by atoms with Gasteiger partial charge < -0.3 is 14.6 Å². The molecule has 1 N–H and O–H groups in total. The quantitative estimate of drug-likeness (QED) is 0.921. The number of carbonyl (C=O) groups excluding carboxylic acids is 1. The van der Waals surface area contributed by atoms with Gasteiger partial charge >= 0.3 is 6.03 Å². The Bertz CT molecular complexity index is 705. The summed E-state index contributed by atoms with van der Waals surface area (Å²) < 4.78 is 5.51. The third-order valence-electron chi connectivity index (χ3n) is 4.51. The van der Waals surface area contributed by atoms with Crippen molar-refractivity contribution in [3.63, 3.8) is 0 Å². The molecule has 1 aliphatic rings. The predicted octanol–water partition coefficient (Wildman–Crippen LogP) is 4.25. The van der Waals surface area contributed by atoms with Crippen LogP contribution >= 0.6 is 0 Å². The van der Waals surface area contributed by atoms with Gasteiger partial charge in [-0.15, -0.1) is 0 Å². The lowest BCUT2D eigenvalue weighted by Gasteiger charge is -2.25. The lowest BCUT2D eigenvalue weighted by molar-refractivity contribution is 0.192. The van der Waals surface area contributed by atoms with E-state index in [0.29, 0.717) is 6.54 Å². The van der Waals surface area contributed by atoms with Gasteiger partial charge in [-0.1, -0.05) is 29.8 Å². The summed E-state index contributed by atoms with van der Waals surface area (Å²) >= 11 is 0. The second-order valence-electron chi connectivity index (χ2n) is 6.36. The van der Waals surface area contributed by atoms with E-state index >= 15 is 0 Å². The highest BCUT2D eigenvalue weighted by molar-refractivity contribution is 5.75. The van der Waals surface area contributed by atoms with E-state index in [9.17, 15) is 4.79 Å². The predicted molar refractivity (Wildman–Crippen MR) is 90.3 cm³/mol. The van der Waals surface area contributed by atoms with Crippen LogP contribution in [-0.4, -0.2) is 17.5 Å². The Morgan fingerprint density at radius 1 is 1.30 bits per heavy atom. The number of nitrogens with one attached hydrogen (secondary N) is 1. The molecule has 3 rings (SSSR count).